The lowest BCUT2D eigenvalue weighted by Gasteiger charge is -2.22. The van der Waals surface area contributed by atoms with Crippen LogP contribution in [0.15, 0.2) is 97.2 Å². The third kappa shape index (κ3) is 2.74. The van der Waals surface area contributed by atoms with Crippen LogP contribution in [-0.2, 0) is 4.57 Å². The SMILES string of the molecule is C=C=C(c1ccccc1O)P(=O)(c1ccccc1)c1ccccc1. The van der Waals surface area contributed by atoms with Crippen molar-refractivity contribution < 1.29 is 9.67 Å². The van der Waals surface area contributed by atoms with Gasteiger partial charge in [0.1, 0.15) is 5.75 Å². The van der Waals surface area contributed by atoms with Crippen molar-refractivity contribution in [3.05, 3.63) is 103 Å². The topological polar surface area (TPSA) is 37.3 Å². The minimum atomic E-state index is -3.20. The molecular weight excluding hydrogens is 315 g/mol. The van der Waals surface area contributed by atoms with Gasteiger partial charge in [0.25, 0.3) is 0 Å². The summed E-state index contributed by atoms with van der Waals surface area (Å²) in [7, 11) is -3.20. The molecule has 3 aromatic carbocycles. The second-order valence-electron chi connectivity index (χ2n) is 5.32. The van der Waals surface area contributed by atoms with Gasteiger partial charge in [0.2, 0.25) is 0 Å². The van der Waals surface area contributed by atoms with Crippen molar-refractivity contribution in [3.8, 4) is 5.75 Å². The molecule has 0 heterocycles. The fraction of sp³-hybridized carbons (Fsp3) is 0. The van der Waals surface area contributed by atoms with Crippen molar-refractivity contribution in [2.75, 3.05) is 0 Å². The molecule has 0 aliphatic carbocycles. The van der Waals surface area contributed by atoms with Crippen LogP contribution in [0.1, 0.15) is 5.56 Å². The van der Waals surface area contributed by atoms with E-state index in [1.165, 1.54) is 0 Å². The monoisotopic (exact) mass is 332 g/mol. The fourth-order valence-corrected chi connectivity index (χ4v) is 5.48. The summed E-state index contributed by atoms with van der Waals surface area (Å²) in [5.74, 6) is 0.0655. The molecule has 3 aromatic rings. The standard InChI is InChI=1S/C21H17O2P/c1-2-21(19-15-9-10-16-20(19)22)24(23,17-11-5-3-6-12-17)18-13-7-4-8-14-18/h3-16,22H,1H2. The smallest absolute Gasteiger partial charge is 0.179 e. The predicted molar refractivity (Wildman–Crippen MR) is 100 cm³/mol. The van der Waals surface area contributed by atoms with Gasteiger partial charge in [-0.3, -0.25) is 0 Å². The van der Waals surface area contributed by atoms with E-state index in [0.29, 0.717) is 21.5 Å². The molecule has 0 amide bonds. The molecule has 0 radical (unpaired) electrons. The van der Waals surface area contributed by atoms with Crippen LogP contribution in [0.3, 0.4) is 0 Å². The highest BCUT2D eigenvalue weighted by atomic mass is 31.2. The number of benzene rings is 3. The van der Waals surface area contributed by atoms with E-state index in [1.807, 2.05) is 60.7 Å². The molecule has 24 heavy (non-hydrogen) atoms. The molecule has 3 heteroatoms. The molecule has 0 spiro atoms. The molecule has 0 aliphatic heterocycles. The third-order valence-corrected chi connectivity index (χ3v) is 6.96. The maximum absolute atomic E-state index is 14.2. The van der Waals surface area contributed by atoms with Crippen LogP contribution < -0.4 is 10.6 Å². The van der Waals surface area contributed by atoms with Crippen LogP contribution in [0.5, 0.6) is 5.75 Å². The van der Waals surface area contributed by atoms with Gasteiger partial charge in [-0.15, -0.1) is 5.73 Å². The second kappa shape index (κ2) is 6.76. The molecule has 0 atom stereocenters. The first-order valence-electron chi connectivity index (χ1n) is 7.58. The average Bonchev–Trinajstić information content (AvgIpc) is 2.65. The summed E-state index contributed by atoms with van der Waals surface area (Å²) >= 11 is 0. The Balaban J connectivity index is 2.33. The lowest BCUT2D eigenvalue weighted by atomic mass is 10.2. The van der Waals surface area contributed by atoms with Gasteiger partial charge in [0.05, 0.1) is 5.31 Å². The molecule has 2 nitrogen and oxygen atoms in total. The molecule has 118 valence electrons. The first kappa shape index (κ1) is 16.1. The van der Waals surface area contributed by atoms with Gasteiger partial charge in [0.15, 0.2) is 7.14 Å². The summed E-state index contributed by atoms with van der Waals surface area (Å²) in [4.78, 5) is 0. The molecule has 0 saturated carbocycles. The summed E-state index contributed by atoms with van der Waals surface area (Å²) in [5, 5.41) is 12.0. The molecule has 1 N–H and O–H groups in total. The van der Waals surface area contributed by atoms with E-state index < -0.39 is 7.14 Å². The number of aromatic hydroxyl groups is 1. The molecular formula is C21H17O2P. The van der Waals surface area contributed by atoms with Gasteiger partial charge in [0, 0.05) is 16.2 Å². The van der Waals surface area contributed by atoms with E-state index >= 15 is 0 Å². The fourth-order valence-electron chi connectivity index (χ4n) is 2.73. The van der Waals surface area contributed by atoms with E-state index in [0.717, 1.165) is 0 Å². The molecule has 0 saturated heterocycles. The normalized spacial score (nSPS) is 10.8. The minimum Gasteiger partial charge on any atom is -0.507 e. The average molecular weight is 332 g/mol. The van der Waals surface area contributed by atoms with Crippen LogP contribution in [-0.4, -0.2) is 5.11 Å². The second-order valence-corrected chi connectivity index (χ2v) is 8.02. The highest BCUT2D eigenvalue weighted by Gasteiger charge is 2.33. The number of phenols is 1. The summed E-state index contributed by atoms with van der Waals surface area (Å²) in [6.07, 6.45) is 0. The zero-order chi connectivity index (χ0) is 17.0. The first-order valence-corrected chi connectivity index (χ1v) is 9.29. The molecule has 0 aliphatic rings. The Hall–Kier alpha value is -2.79. The number of hydrogen-bond donors (Lipinski definition) is 1. The lowest BCUT2D eigenvalue weighted by Crippen LogP contribution is -2.16. The zero-order valence-electron chi connectivity index (χ0n) is 13.1. The molecule has 0 bridgehead atoms. The van der Waals surface area contributed by atoms with Crippen molar-refractivity contribution in [3.63, 3.8) is 0 Å². The predicted octanol–water partition coefficient (Wildman–Crippen LogP) is 4.53. The van der Waals surface area contributed by atoms with Gasteiger partial charge in [-0.05, 0) is 12.1 Å². The van der Waals surface area contributed by atoms with Crippen LogP contribution in [0.25, 0.3) is 5.31 Å². The quantitative estimate of drug-likeness (QED) is 0.563. The number of rotatable bonds is 4. The summed E-state index contributed by atoms with van der Waals surface area (Å²) in [6, 6.07) is 25.4. The van der Waals surface area contributed by atoms with Crippen molar-refractivity contribution in [1.82, 2.24) is 0 Å². The van der Waals surface area contributed by atoms with E-state index in [4.69, 9.17) is 0 Å². The number of phenolic OH excluding ortho intramolecular Hbond substituents is 1. The van der Waals surface area contributed by atoms with Gasteiger partial charge in [-0.1, -0.05) is 79.4 Å². The highest BCUT2D eigenvalue weighted by molar-refractivity contribution is 7.87. The van der Waals surface area contributed by atoms with Crippen LogP contribution in [0.2, 0.25) is 0 Å². The number of hydrogen-bond acceptors (Lipinski definition) is 2. The maximum Gasteiger partial charge on any atom is 0.179 e. The van der Waals surface area contributed by atoms with Crippen molar-refractivity contribution in [2.24, 2.45) is 0 Å². The van der Waals surface area contributed by atoms with Crippen molar-refractivity contribution >= 4 is 23.1 Å². The highest BCUT2D eigenvalue weighted by Crippen LogP contribution is 2.57. The summed E-state index contributed by atoms with van der Waals surface area (Å²) < 4.78 is 14.2. The Kier molecular flexibility index (Phi) is 4.53. The van der Waals surface area contributed by atoms with Gasteiger partial charge in [-0.25, -0.2) is 0 Å². The van der Waals surface area contributed by atoms with E-state index in [2.05, 4.69) is 12.3 Å². The Morgan fingerprint density at radius 2 is 1.25 bits per heavy atom. The Morgan fingerprint density at radius 3 is 1.71 bits per heavy atom. The summed E-state index contributed by atoms with van der Waals surface area (Å²) in [5.41, 5.74) is 3.33. The van der Waals surface area contributed by atoms with E-state index in [1.54, 1.807) is 24.3 Å². The van der Waals surface area contributed by atoms with Gasteiger partial charge in [-0.2, -0.15) is 0 Å². The molecule has 0 unspecified atom stereocenters. The largest absolute Gasteiger partial charge is 0.507 e. The van der Waals surface area contributed by atoms with Gasteiger partial charge >= 0.3 is 0 Å². The molecule has 3 rings (SSSR count). The third-order valence-electron chi connectivity index (χ3n) is 3.88. The van der Waals surface area contributed by atoms with Crippen molar-refractivity contribution in [1.29, 1.82) is 0 Å². The maximum atomic E-state index is 14.2. The van der Waals surface area contributed by atoms with Crippen molar-refractivity contribution in [2.45, 2.75) is 0 Å². The van der Waals surface area contributed by atoms with Crippen LogP contribution in [0, 0.1) is 0 Å². The van der Waals surface area contributed by atoms with Gasteiger partial charge < -0.3 is 9.67 Å². The minimum absolute atomic E-state index is 0.0655. The van der Waals surface area contributed by atoms with E-state index in [-0.39, 0.29) is 5.75 Å². The molecule has 0 aromatic heterocycles. The van der Waals surface area contributed by atoms with E-state index in [9.17, 15) is 9.67 Å². The Labute approximate surface area is 141 Å². The first-order chi connectivity index (χ1) is 11.7. The number of para-hydroxylation sites is 1. The Morgan fingerprint density at radius 1 is 0.792 bits per heavy atom. The van der Waals surface area contributed by atoms with Crippen LogP contribution >= 0.6 is 7.14 Å². The lowest BCUT2D eigenvalue weighted by molar-refractivity contribution is 0.474. The molecule has 0 fully saturated rings. The van der Waals surface area contributed by atoms with Crippen LogP contribution in [0.4, 0.5) is 0 Å². The zero-order valence-corrected chi connectivity index (χ0v) is 14.0. The Bertz CT molecular complexity index is 896. The summed E-state index contributed by atoms with van der Waals surface area (Å²) in [6.45, 7) is 3.75.